The molecule has 23 heavy (non-hydrogen) atoms. The second-order valence-electron chi connectivity index (χ2n) is 5.13. The fourth-order valence-electron chi connectivity index (χ4n) is 2.52. The van der Waals surface area contributed by atoms with Gasteiger partial charge in [-0.3, -0.25) is 9.59 Å². The van der Waals surface area contributed by atoms with Gasteiger partial charge in [-0.15, -0.1) is 0 Å². The number of para-hydroxylation sites is 1. The van der Waals surface area contributed by atoms with Crippen molar-refractivity contribution >= 4 is 38.4 Å². The Morgan fingerprint density at radius 1 is 1.13 bits per heavy atom. The molecule has 0 unspecified atom stereocenters. The lowest BCUT2D eigenvalue weighted by atomic mass is 10.1. The van der Waals surface area contributed by atoms with E-state index in [9.17, 15) is 9.59 Å². The van der Waals surface area contributed by atoms with Gasteiger partial charge in [-0.2, -0.15) is 0 Å². The smallest absolute Gasteiger partial charge is 0.263 e. The number of benzene rings is 2. The van der Waals surface area contributed by atoms with Gasteiger partial charge >= 0.3 is 0 Å². The van der Waals surface area contributed by atoms with Crippen molar-refractivity contribution in [1.82, 2.24) is 4.98 Å². The van der Waals surface area contributed by atoms with E-state index in [2.05, 4.69) is 20.9 Å². The molecule has 1 N–H and O–H groups in total. The zero-order valence-corrected chi connectivity index (χ0v) is 14.1. The molecule has 1 heterocycles. The molecule has 1 aromatic heterocycles. The monoisotopic (exact) mass is 370 g/mol. The van der Waals surface area contributed by atoms with Crippen LogP contribution in [-0.4, -0.2) is 17.4 Å². The molecule has 0 spiro atoms. The highest BCUT2D eigenvalue weighted by Gasteiger charge is 2.19. The van der Waals surface area contributed by atoms with E-state index in [-0.39, 0.29) is 17.0 Å². The summed E-state index contributed by atoms with van der Waals surface area (Å²) in [4.78, 5) is 29.4. The number of aromatic nitrogens is 1. The Bertz CT molecular complexity index is 916. The number of rotatable bonds is 3. The number of aromatic amines is 1. The molecule has 3 aromatic rings. The molecule has 0 fully saturated rings. The van der Waals surface area contributed by atoms with Gasteiger partial charge in [0.2, 0.25) is 0 Å². The zero-order chi connectivity index (χ0) is 16.4. The summed E-state index contributed by atoms with van der Waals surface area (Å²) in [5, 5.41) is 0.835. The summed E-state index contributed by atoms with van der Waals surface area (Å²) in [6.45, 7) is 2.36. The van der Waals surface area contributed by atoms with E-state index >= 15 is 0 Å². The van der Waals surface area contributed by atoms with Gasteiger partial charge in [0, 0.05) is 22.2 Å². The minimum absolute atomic E-state index is 0.147. The lowest BCUT2D eigenvalue weighted by Gasteiger charge is -2.21. The molecule has 0 aliphatic carbocycles. The molecule has 2 aromatic carbocycles. The summed E-state index contributed by atoms with van der Waals surface area (Å²) >= 11 is 3.38. The molecule has 0 aliphatic rings. The van der Waals surface area contributed by atoms with Crippen LogP contribution in [0.25, 0.3) is 10.9 Å². The molecule has 5 heteroatoms. The fraction of sp³-hybridized carbons (Fsp3) is 0.111. The van der Waals surface area contributed by atoms with Crippen LogP contribution in [0, 0.1) is 0 Å². The van der Waals surface area contributed by atoms with Crippen molar-refractivity contribution in [3.8, 4) is 0 Å². The number of hydrogen-bond donors (Lipinski definition) is 1. The first kappa shape index (κ1) is 15.5. The quantitative estimate of drug-likeness (QED) is 0.758. The molecule has 1 amide bonds. The van der Waals surface area contributed by atoms with Crippen LogP contribution >= 0.6 is 15.9 Å². The summed E-state index contributed by atoms with van der Waals surface area (Å²) in [6.07, 6.45) is 0. The van der Waals surface area contributed by atoms with Crippen LogP contribution < -0.4 is 10.5 Å². The maximum atomic E-state index is 12.8. The summed E-state index contributed by atoms with van der Waals surface area (Å²) in [5.41, 5.74) is 1.26. The number of hydrogen-bond acceptors (Lipinski definition) is 2. The number of fused-ring (bicyclic) bond motifs is 1. The first-order valence-corrected chi connectivity index (χ1v) is 8.09. The van der Waals surface area contributed by atoms with Crippen molar-refractivity contribution in [3.05, 3.63) is 75.0 Å². The first-order valence-electron chi connectivity index (χ1n) is 7.29. The predicted octanol–water partition coefficient (Wildman–Crippen LogP) is 3.96. The van der Waals surface area contributed by atoms with Crippen LogP contribution in [0.1, 0.15) is 17.3 Å². The third-order valence-corrected chi connectivity index (χ3v) is 4.21. The number of nitrogens with zero attached hydrogens (tertiary/aromatic N) is 1. The van der Waals surface area contributed by atoms with E-state index in [1.807, 2.05) is 55.5 Å². The molecule has 0 bridgehead atoms. The normalized spacial score (nSPS) is 10.7. The van der Waals surface area contributed by atoms with Crippen molar-refractivity contribution in [1.29, 1.82) is 0 Å². The molecule has 0 aliphatic heterocycles. The van der Waals surface area contributed by atoms with E-state index < -0.39 is 0 Å². The Hall–Kier alpha value is -2.40. The number of pyridine rings is 1. The molecule has 4 nitrogen and oxygen atoms in total. The lowest BCUT2D eigenvalue weighted by molar-refractivity contribution is 0.0987. The third-order valence-electron chi connectivity index (χ3n) is 3.68. The number of nitrogens with one attached hydrogen (secondary N) is 1. The van der Waals surface area contributed by atoms with Gasteiger partial charge in [-0.1, -0.05) is 34.1 Å². The van der Waals surface area contributed by atoms with Crippen molar-refractivity contribution in [2.45, 2.75) is 6.92 Å². The lowest BCUT2D eigenvalue weighted by Crippen LogP contribution is -2.34. The molecule has 0 radical (unpaired) electrons. The van der Waals surface area contributed by atoms with Crippen LogP contribution in [0.2, 0.25) is 0 Å². The van der Waals surface area contributed by atoms with Crippen LogP contribution in [0.5, 0.6) is 0 Å². The Labute approximate surface area is 141 Å². The Kier molecular flexibility index (Phi) is 4.30. The van der Waals surface area contributed by atoms with Crippen molar-refractivity contribution in [2.75, 3.05) is 11.4 Å². The Balaban J connectivity index is 2.05. The maximum Gasteiger partial charge on any atom is 0.263 e. The Morgan fingerprint density at radius 3 is 2.52 bits per heavy atom. The van der Waals surface area contributed by atoms with Gasteiger partial charge in [0.15, 0.2) is 0 Å². The SMILES string of the molecule is CCN(C(=O)c1cc2ccccc2[nH]c1=O)c1ccc(Br)cc1. The van der Waals surface area contributed by atoms with Crippen LogP contribution in [-0.2, 0) is 0 Å². The highest BCUT2D eigenvalue weighted by molar-refractivity contribution is 9.10. The molecule has 0 saturated carbocycles. The molecule has 116 valence electrons. The van der Waals surface area contributed by atoms with Crippen LogP contribution in [0.3, 0.4) is 0 Å². The second kappa shape index (κ2) is 6.38. The molecule has 3 rings (SSSR count). The minimum Gasteiger partial charge on any atom is -0.321 e. The number of anilines is 1. The number of carbonyl (C=O) groups is 1. The van der Waals surface area contributed by atoms with E-state index in [1.54, 1.807) is 11.0 Å². The van der Waals surface area contributed by atoms with E-state index in [1.165, 1.54) is 0 Å². The minimum atomic E-state index is -0.371. The van der Waals surface area contributed by atoms with Gasteiger partial charge in [0.05, 0.1) is 0 Å². The number of H-pyrrole nitrogens is 1. The second-order valence-corrected chi connectivity index (χ2v) is 6.04. The fourth-order valence-corrected chi connectivity index (χ4v) is 2.78. The van der Waals surface area contributed by atoms with Gasteiger partial charge < -0.3 is 9.88 Å². The van der Waals surface area contributed by atoms with E-state index in [0.717, 1.165) is 21.1 Å². The molecular weight excluding hydrogens is 356 g/mol. The highest BCUT2D eigenvalue weighted by atomic mass is 79.9. The standard InChI is InChI=1S/C18H15BrN2O2/c1-2-21(14-9-7-13(19)8-10-14)18(23)15-11-12-5-3-4-6-16(12)20-17(15)22/h3-11H,2H2,1H3,(H,20,22). The molecule has 0 atom stereocenters. The largest absolute Gasteiger partial charge is 0.321 e. The van der Waals surface area contributed by atoms with Crippen molar-refractivity contribution in [2.24, 2.45) is 0 Å². The number of halogens is 1. The highest BCUT2D eigenvalue weighted by Crippen LogP contribution is 2.20. The van der Waals surface area contributed by atoms with E-state index in [0.29, 0.717) is 6.54 Å². The van der Waals surface area contributed by atoms with Gasteiger partial charge in [0.1, 0.15) is 5.56 Å². The summed E-state index contributed by atoms with van der Waals surface area (Å²) < 4.78 is 0.938. The van der Waals surface area contributed by atoms with Crippen LogP contribution in [0.15, 0.2) is 63.9 Å². The van der Waals surface area contributed by atoms with Gasteiger partial charge in [0.25, 0.3) is 11.5 Å². The maximum absolute atomic E-state index is 12.8. The third kappa shape index (κ3) is 3.05. The van der Waals surface area contributed by atoms with Crippen molar-refractivity contribution < 1.29 is 4.79 Å². The van der Waals surface area contributed by atoms with E-state index in [4.69, 9.17) is 0 Å². The number of carbonyl (C=O) groups excluding carboxylic acids is 1. The van der Waals surface area contributed by atoms with Gasteiger partial charge in [-0.05, 0) is 48.7 Å². The predicted molar refractivity (Wildman–Crippen MR) is 96.1 cm³/mol. The van der Waals surface area contributed by atoms with Gasteiger partial charge in [-0.25, -0.2) is 0 Å². The number of amides is 1. The topological polar surface area (TPSA) is 53.2 Å². The summed E-state index contributed by atoms with van der Waals surface area (Å²) in [7, 11) is 0. The molecular formula is C18H15BrN2O2. The van der Waals surface area contributed by atoms with Crippen LogP contribution in [0.4, 0.5) is 5.69 Å². The zero-order valence-electron chi connectivity index (χ0n) is 12.5. The van der Waals surface area contributed by atoms with Crippen molar-refractivity contribution in [3.63, 3.8) is 0 Å². The first-order chi connectivity index (χ1) is 11.1. The summed E-state index contributed by atoms with van der Waals surface area (Å²) in [6, 6.07) is 16.5. The average molecular weight is 371 g/mol. The molecule has 0 saturated heterocycles. The summed E-state index contributed by atoms with van der Waals surface area (Å²) in [5.74, 6) is -0.304. The Morgan fingerprint density at radius 2 is 1.83 bits per heavy atom. The average Bonchev–Trinajstić information content (AvgIpc) is 2.56.